The molecule has 0 saturated carbocycles. The lowest BCUT2D eigenvalue weighted by Crippen LogP contribution is -2.43. The predicted molar refractivity (Wildman–Crippen MR) is 81.3 cm³/mol. The van der Waals surface area contributed by atoms with Crippen molar-refractivity contribution in [2.75, 3.05) is 13.1 Å². The molecule has 2 nitrogen and oxygen atoms in total. The van der Waals surface area contributed by atoms with E-state index in [9.17, 15) is 4.79 Å². The molecule has 2 atom stereocenters. The van der Waals surface area contributed by atoms with E-state index in [-0.39, 0.29) is 5.91 Å². The summed E-state index contributed by atoms with van der Waals surface area (Å²) >= 11 is 7.12. The minimum absolute atomic E-state index is 0.141. The van der Waals surface area contributed by atoms with Crippen molar-refractivity contribution >= 4 is 37.8 Å². The van der Waals surface area contributed by atoms with Gasteiger partial charge in [0.1, 0.15) is 0 Å². The zero-order valence-corrected chi connectivity index (χ0v) is 13.8. The molecular formula is C14H17Br2NO. The molecule has 0 N–H and O–H groups in total. The van der Waals surface area contributed by atoms with Crippen LogP contribution in [-0.2, 0) is 0 Å². The van der Waals surface area contributed by atoms with Gasteiger partial charge in [-0.25, -0.2) is 0 Å². The van der Waals surface area contributed by atoms with Crippen LogP contribution in [0.2, 0.25) is 0 Å². The lowest BCUT2D eigenvalue weighted by Gasteiger charge is -2.34. The molecule has 98 valence electrons. The Hall–Kier alpha value is -0.350. The largest absolute Gasteiger partial charge is 0.338 e. The van der Waals surface area contributed by atoms with Crippen LogP contribution in [0.5, 0.6) is 0 Å². The minimum Gasteiger partial charge on any atom is -0.338 e. The third-order valence-corrected chi connectivity index (χ3v) is 5.64. The van der Waals surface area contributed by atoms with Crippen molar-refractivity contribution in [3.05, 3.63) is 33.8 Å². The van der Waals surface area contributed by atoms with E-state index in [1.165, 1.54) is 0 Å². The Bertz CT molecular complexity index is 461. The summed E-state index contributed by atoms with van der Waals surface area (Å²) in [5.41, 5.74) is 1.88. The number of nitrogens with zero attached hydrogens (tertiary/aromatic N) is 1. The van der Waals surface area contributed by atoms with Gasteiger partial charge in [0.2, 0.25) is 0 Å². The van der Waals surface area contributed by atoms with Crippen molar-refractivity contribution < 1.29 is 4.79 Å². The predicted octanol–water partition coefficient (Wildman–Crippen LogP) is 4.00. The first-order valence-electron chi connectivity index (χ1n) is 6.18. The molecule has 2 unspecified atom stereocenters. The van der Waals surface area contributed by atoms with Gasteiger partial charge in [0, 0.05) is 28.0 Å². The molecule has 0 radical (unpaired) electrons. The molecular weight excluding hydrogens is 358 g/mol. The minimum atomic E-state index is 0.141. The first-order valence-corrected chi connectivity index (χ1v) is 7.89. The van der Waals surface area contributed by atoms with Crippen molar-refractivity contribution in [2.24, 2.45) is 5.92 Å². The molecule has 1 heterocycles. The van der Waals surface area contributed by atoms with Gasteiger partial charge in [-0.1, -0.05) is 38.8 Å². The summed E-state index contributed by atoms with van der Waals surface area (Å²) in [7, 11) is 0. The van der Waals surface area contributed by atoms with Crippen LogP contribution in [0.3, 0.4) is 0 Å². The van der Waals surface area contributed by atoms with Crippen LogP contribution in [0.1, 0.15) is 29.3 Å². The third kappa shape index (κ3) is 2.97. The lowest BCUT2D eigenvalue weighted by molar-refractivity contribution is 0.0706. The fourth-order valence-electron chi connectivity index (χ4n) is 2.17. The highest BCUT2D eigenvalue weighted by Gasteiger charge is 2.27. The van der Waals surface area contributed by atoms with Gasteiger partial charge in [0.05, 0.1) is 0 Å². The molecule has 1 amide bonds. The molecule has 1 saturated heterocycles. The van der Waals surface area contributed by atoms with Crippen molar-refractivity contribution in [2.45, 2.75) is 25.1 Å². The van der Waals surface area contributed by atoms with Gasteiger partial charge in [-0.2, -0.15) is 0 Å². The number of alkyl halides is 1. The monoisotopic (exact) mass is 373 g/mol. The average Bonchev–Trinajstić information content (AvgIpc) is 2.35. The summed E-state index contributed by atoms with van der Waals surface area (Å²) in [6, 6.07) is 5.79. The number of carbonyl (C=O) groups excluding carboxylic acids is 1. The smallest absolute Gasteiger partial charge is 0.253 e. The number of aryl methyl sites for hydroxylation is 1. The van der Waals surface area contributed by atoms with Gasteiger partial charge < -0.3 is 4.90 Å². The highest BCUT2D eigenvalue weighted by Crippen LogP contribution is 2.25. The van der Waals surface area contributed by atoms with Crippen molar-refractivity contribution in [1.82, 2.24) is 4.90 Å². The fraction of sp³-hybridized carbons (Fsp3) is 0.500. The Morgan fingerprint density at radius 3 is 2.78 bits per heavy atom. The third-order valence-electron chi connectivity index (χ3n) is 3.56. The SMILES string of the molecule is Cc1cc(C(=O)N2CCC(C)C(Br)C2)ccc1Br. The van der Waals surface area contributed by atoms with Crippen LogP contribution < -0.4 is 0 Å². The van der Waals surface area contributed by atoms with Crippen LogP contribution in [0.4, 0.5) is 0 Å². The summed E-state index contributed by atoms with van der Waals surface area (Å²) in [5.74, 6) is 0.780. The van der Waals surface area contributed by atoms with Gasteiger partial charge in [-0.3, -0.25) is 4.79 Å². The highest BCUT2D eigenvalue weighted by atomic mass is 79.9. The Kier molecular flexibility index (Phi) is 4.49. The Labute approximate surface area is 125 Å². The van der Waals surface area contributed by atoms with Crippen LogP contribution in [0.25, 0.3) is 0 Å². The van der Waals surface area contributed by atoms with Gasteiger partial charge in [0.15, 0.2) is 0 Å². The molecule has 0 aromatic heterocycles. The van der Waals surface area contributed by atoms with Gasteiger partial charge in [-0.15, -0.1) is 0 Å². The summed E-state index contributed by atoms with van der Waals surface area (Å²) in [5, 5.41) is 0. The van der Waals surface area contributed by atoms with E-state index in [1.54, 1.807) is 0 Å². The zero-order valence-electron chi connectivity index (χ0n) is 10.6. The van der Waals surface area contributed by atoms with E-state index in [2.05, 4.69) is 38.8 Å². The summed E-state index contributed by atoms with van der Waals surface area (Å²) in [6.07, 6.45) is 1.07. The summed E-state index contributed by atoms with van der Waals surface area (Å²) in [4.78, 5) is 14.8. The average molecular weight is 375 g/mol. The zero-order chi connectivity index (χ0) is 13.3. The van der Waals surface area contributed by atoms with Crippen molar-refractivity contribution in [1.29, 1.82) is 0 Å². The standard InChI is InChI=1S/C14H17Br2NO/c1-9-5-6-17(8-13(9)16)14(18)11-3-4-12(15)10(2)7-11/h3-4,7,9,13H,5-6,8H2,1-2H3. The maximum atomic E-state index is 12.4. The molecule has 1 aliphatic heterocycles. The quantitative estimate of drug-likeness (QED) is 0.680. The first kappa shape index (κ1) is 14.1. The van der Waals surface area contributed by atoms with Crippen LogP contribution >= 0.6 is 31.9 Å². The van der Waals surface area contributed by atoms with Gasteiger partial charge in [-0.05, 0) is 43.0 Å². The van der Waals surface area contributed by atoms with Crippen molar-refractivity contribution in [3.8, 4) is 0 Å². The number of hydrogen-bond donors (Lipinski definition) is 0. The Morgan fingerprint density at radius 2 is 2.17 bits per heavy atom. The number of likely N-dealkylation sites (tertiary alicyclic amines) is 1. The number of halogens is 2. The molecule has 2 rings (SSSR count). The Balaban J connectivity index is 2.14. The Morgan fingerprint density at radius 1 is 1.44 bits per heavy atom. The van der Waals surface area contributed by atoms with E-state index in [4.69, 9.17) is 0 Å². The lowest BCUT2D eigenvalue weighted by atomic mass is 9.98. The second kappa shape index (κ2) is 5.74. The van der Waals surface area contributed by atoms with Crippen LogP contribution in [-0.4, -0.2) is 28.7 Å². The number of benzene rings is 1. The highest BCUT2D eigenvalue weighted by molar-refractivity contribution is 9.10. The number of hydrogen-bond acceptors (Lipinski definition) is 1. The molecule has 1 aromatic rings. The molecule has 1 aromatic carbocycles. The van der Waals surface area contributed by atoms with Crippen LogP contribution in [0.15, 0.2) is 22.7 Å². The van der Waals surface area contributed by atoms with Crippen LogP contribution in [0, 0.1) is 12.8 Å². The number of amides is 1. The number of carbonyl (C=O) groups is 1. The molecule has 4 heteroatoms. The molecule has 0 bridgehead atoms. The van der Waals surface area contributed by atoms with E-state index in [0.29, 0.717) is 10.7 Å². The van der Waals surface area contributed by atoms with E-state index < -0.39 is 0 Å². The maximum Gasteiger partial charge on any atom is 0.253 e. The van der Waals surface area contributed by atoms with Gasteiger partial charge >= 0.3 is 0 Å². The number of rotatable bonds is 1. The first-order chi connectivity index (χ1) is 8.49. The molecule has 1 aliphatic rings. The fourth-order valence-corrected chi connectivity index (χ4v) is 3.03. The summed E-state index contributed by atoms with van der Waals surface area (Å²) in [6.45, 7) is 5.89. The molecule has 18 heavy (non-hydrogen) atoms. The van der Waals surface area contributed by atoms with E-state index in [1.807, 2.05) is 30.0 Å². The van der Waals surface area contributed by atoms with E-state index >= 15 is 0 Å². The van der Waals surface area contributed by atoms with Gasteiger partial charge in [0.25, 0.3) is 5.91 Å². The molecule has 0 spiro atoms. The number of piperidine rings is 1. The van der Waals surface area contributed by atoms with E-state index in [0.717, 1.165) is 35.1 Å². The second-order valence-corrected chi connectivity index (χ2v) is 7.03. The molecule has 1 fully saturated rings. The topological polar surface area (TPSA) is 20.3 Å². The normalized spacial score (nSPS) is 24.1. The van der Waals surface area contributed by atoms with Crippen molar-refractivity contribution in [3.63, 3.8) is 0 Å². The maximum absolute atomic E-state index is 12.4. The molecule has 0 aliphatic carbocycles. The second-order valence-electron chi connectivity index (χ2n) is 5.00. The summed E-state index contributed by atoms with van der Waals surface area (Å²) < 4.78 is 1.05.